The zero-order chi connectivity index (χ0) is 13.9. The smallest absolute Gasteiger partial charge is 0.250 e. The molecule has 0 aliphatic heterocycles. The molecule has 0 amide bonds. The summed E-state index contributed by atoms with van der Waals surface area (Å²) < 4.78 is 31.4. The fourth-order valence-electron chi connectivity index (χ4n) is 1.49. The molecule has 0 saturated carbocycles. The Bertz CT molecular complexity index is 634. The first-order chi connectivity index (χ1) is 9.03. The molecular weight excluding hydrogens is 288 g/mol. The number of hydrogen-bond acceptors (Lipinski definition) is 7. The van der Waals surface area contributed by atoms with Gasteiger partial charge in [-0.15, -0.1) is 11.3 Å². The van der Waals surface area contributed by atoms with Crippen molar-refractivity contribution >= 4 is 21.4 Å². The average Bonchev–Trinajstić information content (AvgIpc) is 2.98. The highest BCUT2D eigenvalue weighted by molar-refractivity contribution is 7.91. The van der Waals surface area contributed by atoms with Gasteiger partial charge in [-0.1, -0.05) is 5.16 Å². The van der Waals surface area contributed by atoms with Crippen molar-refractivity contribution in [3.05, 3.63) is 28.7 Å². The SMILES string of the molecule is Cc1cc(S(=O)(=O)NCCc2ncon2)sc1CN. The first-order valence-electron chi connectivity index (χ1n) is 5.57. The lowest BCUT2D eigenvalue weighted by atomic mass is 10.3. The van der Waals surface area contributed by atoms with Crippen molar-refractivity contribution in [3.63, 3.8) is 0 Å². The molecule has 7 nitrogen and oxygen atoms in total. The highest BCUT2D eigenvalue weighted by Crippen LogP contribution is 2.25. The maximum Gasteiger partial charge on any atom is 0.250 e. The van der Waals surface area contributed by atoms with E-state index in [1.807, 2.05) is 6.92 Å². The molecule has 2 aromatic rings. The molecule has 0 atom stereocenters. The molecule has 2 aromatic heterocycles. The van der Waals surface area contributed by atoms with E-state index in [1.165, 1.54) is 17.7 Å². The van der Waals surface area contributed by atoms with Crippen LogP contribution in [0.5, 0.6) is 0 Å². The van der Waals surface area contributed by atoms with Crippen molar-refractivity contribution in [2.45, 2.75) is 24.1 Å². The molecule has 0 unspecified atom stereocenters. The summed E-state index contributed by atoms with van der Waals surface area (Å²) in [4.78, 5) is 4.69. The number of aromatic nitrogens is 2. The van der Waals surface area contributed by atoms with E-state index < -0.39 is 10.0 Å². The molecule has 0 fully saturated rings. The summed E-state index contributed by atoms with van der Waals surface area (Å²) in [5.41, 5.74) is 6.43. The Morgan fingerprint density at radius 2 is 2.32 bits per heavy atom. The highest BCUT2D eigenvalue weighted by Gasteiger charge is 2.18. The van der Waals surface area contributed by atoms with Gasteiger partial charge in [-0.25, -0.2) is 13.1 Å². The van der Waals surface area contributed by atoms with Crippen LogP contribution in [0, 0.1) is 6.92 Å². The van der Waals surface area contributed by atoms with Crippen LogP contribution in [0.1, 0.15) is 16.3 Å². The molecule has 2 heterocycles. The summed E-state index contributed by atoms with van der Waals surface area (Å²) in [5, 5.41) is 3.61. The van der Waals surface area contributed by atoms with E-state index in [0.29, 0.717) is 18.8 Å². The third-order valence-electron chi connectivity index (χ3n) is 2.50. The van der Waals surface area contributed by atoms with Crippen molar-refractivity contribution in [3.8, 4) is 0 Å². The van der Waals surface area contributed by atoms with Gasteiger partial charge in [0.1, 0.15) is 4.21 Å². The number of nitrogens with one attached hydrogen (secondary N) is 1. The summed E-state index contributed by atoms with van der Waals surface area (Å²) in [6, 6.07) is 1.63. The van der Waals surface area contributed by atoms with E-state index >= 15 is 0 Å². The second-order valence-corrected chi connectivity index (χ2v) is 7.00. The van der Waals surface area contributed by atoms with Crippen LogP contribution in [0.15, 0.2) is 21.2 Å². The molecule has 0 saturated heterocycles. The third-order valence-corrected chi connectivity index (χ3v) is 5.69. The molecule has 104 valence electrons. The zero-order valence-corrected chi connectivity index (χ0v) is 11.9. The van der Waals surface area contributed by atoms with Crippen LogP contribution in [0.3, 0.4) is 0 Å². The predicted molar refractivity (Wildman–Crippen MR) is 70.1 cm³/mol. The minimum Gasteiger partial charge on any atom is -0.343 e. The molecule has 2 rings (SSSR count). The van der Waals surface area contributed by atoms with Crippen LogP contribution in [-0.2, 0) is 23.0 Å². The summed E-state index contributed by atoms with van der Waals surface area (Å²) in [6.45, 7) is 2.41. The van der Waals surface area contributed by atoms with E-state index in [9.17, 15) is 8.42 Å². The number of thiophene rings is 1. The van der Waals surface area contributed by atoms with E-state index in [1.54, 1.807) is 6.07 Å². The normalized spacial score (nSPS) is 11.9. The van der Waals surface area contributed by atoms with E-state index in [0.717, 1.165) is 10.4 Å². The number of aryl methyl sites for hydroxylation is 1. The van der Waals surface area contributed by atoms with Crippen LogP contribution >= 0.6 is 11.3 Å². The standard InChI is InChI=1S/C10H14N4O3S2/c1-7-4-10(18-8(7)5-11)19(15,16)13-3-2-9-12-6-17-14-9/h4,6,13H,2-3,5,11H2,1H3. The lowest BCUT2D eigenvalue weighted by Gasteiger charge is -2.02. The van der Waals surface area contributed by atoms with Crippen LogP contribution in [0.2, 0.25) is 0 Å². The summed E-state index contributed by atoms with van der Waals surface area (Å²) in [6.07, 6.45) is 1.59. The lowest BCUT2D eigenvalue weighted by molar-refractivity contribution is 0.410. The predicted octanol–water partition coefficient (Wildman–Crippen LogP) is 0.419. The number of sulfonamides is 1. The fourth-order valence-corrected chi connectivity index (χ4v) is 4.04. The quantitative estimate of drug-likeness (QED) is 0.800. The van der Waals surface area contributed by atoms with Crippen molar-refractivity contribution in [1.82, 2.24) is 14.9 Å². The summed E-state index contributed by atoms with van der Waals surface area (Å²) >= 11 is 1.19. The zero-order valence-electron chi connectivity index (χ0n) is 10.3. The first-order valence-corrected chi connectivity index (χ1v) is 7.87. The van der Waals surface area contributed by atoms with Gasteiger partial charge in [0.2, 0.25) is 16.4 Å². The van der Waals surface area contributed by atoms with Gasteiger partial charge in [0.15, 0.2) is 5.82 Å². The van der Waals surface area contributed by atoms with E-state index in [2.05, 4.69) is 19.4 Å². The Morgan fingerprint density at radius 1 is 1.53 bits per heavy atom. The molecule has 0 radical (unpaired) electrons. The van der Waals surface area contributed by atoms with Gasteiger partial charge in [0.05, 0.1) is 0 Å². The molecule has 0 aliphatic rings. The topological polar surface area (TPSA) is 111 Å². The van der Waals surface area contributed by atoms with Crippen LogP contribution in [0.4, 0.5) is 0 Å². The molecule has 0 spiro atoms. The van der Waals surface area contributed by atoms with Gasteiger partial charge in [-0.05, 0) is 18.6 Å². The van der Waals surface area contributed by atoms with Gasteiger partial charge in [-0.3, -0.25) is 0 Å². The van der Waals surface area contributed by atoms with Gasteiger partial charge < -0.3 is 10.3 Å². The molecule has 19 heavy (non-hydrogen) atoms. The minimum atomic E-state index is -3.50. The molecule has 0 aliphatic carbocycles. The third kappa shape index (κ3) is 3.38. The maximum atomic E-state index is 12.0. The first kappa shape index (κ1) is 14.1. The minimum absolute atomic E-state index is 0.219. The second-order valence-electron chi connectivity index (χ2n) is 3.87. The van der Waals surface area contributed by atoms with Crippen molar-refractivity contribution in [1.29, 1.82) is 0 Å². The highest BCUT2D eigenvalue weighted by atomic mass is 32.2. The van der Waals surface area contributed by atoms with Gasteiger partial charge in [0.25, 0.3) is 0 Å². The Hall–Kier alpha value is -1.29. The Balaban J connectivity index is 2.01. The van der Waals surface area contributed by atoms with E-state index in [-0.39, 0.29) is 10.8 Å². The van der Waals surface area contributed by atoms with Crippen molar-refractivity contribution in [2.24, 2.45) is 5.73 Å². The van der Waals surface area contributed by atoms with Crippen LogP contribution in [0.25, 0.3) is 0 Å². The Morgan fingerprint density at radius 3 is 2.89 bits per heavy atom. The average molecular weight is 302 g/mol. The van der Waals surface area contributed by atoms with Gasteiger partial charge in [-0.2, -0.15) is 4.98 Å². The van der Waals surface area contributed by atoms with Gasteiger partial charge in [0, 0.05) is 24.4 Å². The lowest BCUT2D eigenvalue weighted by Crippen LogP contribution is -2.25. The second kappa shape index (κ2) is 5.78. The maximum absolute atomic E-state index is 12.0. The number of nitrogens with two attached hydrogens (primary N) is 1. The van der Waals surface area contributed by atoms with Crippen LogP contribution in [-0.4, -0.2) is 25.1 Å². The monoisotopic (exact) mass is 302 g/mol. The molecule has 3 N–H and O–H groups in total. The fraction of sp³-hybridized carbons (Fsp3) is 0.400. The summed E-state index contributed by atoms with van der Waals surface area (Å²) in [5.74, 6) is 0.465. The molecule has 0 aromatic carbocycles. The molecule has 9 heteroatoms. The Labute approximate surface area is 114 Å². The van der Waals surface area contributed by atoms with E-state index in [4.69, 9.17) is 5.73 Å². The summed E-state index contributed by atoms with van der Waals surface area (Å²) in [7, 11) is -3.50. The van der Waals surface area contributed by atoms with Crippen molar-refractivity contribution in [2.75, 3.05) is 6.54 Å². The number of nitrogens with zero attached hydrogens (tertiary/aromatic N) is 2. The number of hydrogen-bond donors (Lipinski definition) is 2. The van der Waals surface area contributed by atoms with Crippen molar-refractivity contribution < 1.29 is 12.9 Å². The molecule has 0 bridgehead atoms. The largest absolute Gasteiger partial charge is 0.343 e. The van der Waals surface area contributed by atoms with Gasteiger partial charge >= 0.3 is 0 Å². The molecular formula is C10H14N4O3S2. The van der Waals surface area contributed by atoms with Crippen LogP contribution < -0.4 is 10.5 Å². The Kier molecular flexibility index (Phi) is 4.30. The number of rotatable bonds is 6.